The summed E-state index contributed by atoms with van der Waals surface area (Å²) in [6.45, 7) is 9.25. The van der Waals surface area contributed by atoms with Crippen LogP contribution in [0.5, 0.6) is 5.88 Å². The Labute approximate surface area is 127 Å². The van der Waals surface area contributed by atoms with Crippen molar-refractivity contribution in [2.24, 2.45) is 11.8 Å². The van der Waals surface area contributed by atoms with E-state index in [9.17, 15) is 4.39 Å². The van der Waals surface area contributed by atoms with Crippen LogP contribution < -0.4 is 10.1 Å². The highest BCUT2D eigenvalue weighted by Gasteiger charge is 2.26. The molecule has 0 aromatic carbocycles. The number of pyridine rings is 1. The van der Waals surface area contributed by atoms with Gasteiger partial charge in [0.05, 0.1) is 6.20 Å². The van der Waals surface area contributed by atoms with E-state index in [0.29, 0.717) is 30.3 Å². The number of halogens is 1. The van der Waals surface area contributed by atoms with Gasteiger partial charge in [-0.15, -0.1) is 0 Å². The van der Waals surface area contributed by atoms with Crippen LogP contribution in [0.4, 0.5) is 4.39 Å². The van der Waals surface area contributed by atoms with Crippen molar-refractivity contribution in [3.05, 3.63) is 23.6 Å². The van der Waals surface area contributed by atoms with E-state index in [0.717, 1.165) is 18.4 Å². The van der Waals surface area contributed by atoms with Crippen molar-refractivity contribution in [2.45, 2.75) is 65.6 Å². The molecule has 1 fully saturated rings. The summed E-state index contributed by atoms with van der Waals surface area (Å²) in [7, 11) is 0. The largest absolute Gasteiger partial charge is 0.474 e. The molecule has 0 radical (unpaired) electrons. The molecule has 4 heteroatoms. The highest BCUT2D eigenvalue weighted by molar-refractivity contribution is 5.26. The molecule has 0 bridgehead atoms. The fraction of sp³-hybridized carbons (Fsp3) is 0.706. The third-order valence-electron chi connectivity index (χ3n) is 4.01. The lowest BCUT2D eigenvalue weighted by Crippen LogP contribution is -2.29. The summed E-state index contributed by atoms with van der Waals surface area (Å²) in [5.74, 6) is 1.62. The zero-order valence-electron chi connectivity index (χ0n) is 13.5. The van der Waals surface area contributed by atoms with Gasteiger partial charge in [-0.1, -0.05) is 27.7 Å². The van der Waals surface area contributed by atoms with E-state index >= 15 is 0 Å². The summed E-state index contributed by atoms with van der Waals surface area (Å²) in [4.78, 5) is 4.16. The Morgan fingerprint density at radius 2 is 1.95 bits per heavy atom. The van der Waals surface area contributed by atoms with Crippen molar-refractivity contribution < 1.29 is 9.13 Å². The van der Waals surface area contributed by atoms with Crippen LogP contribution in [0.25, 0.3) is 0 Å². The first kappa shape index (κ1) is 16.2. The van der Waals surface area contributed by atoms with E-state index < -0.39 is 0 Å². The lowest BCUT2D eigenvalue weighted by molar-refractivity contribution is 0.0953. The minimum Gasteiger partial charge on any atom is -0.474 e. The molecule has 21 heavy (non-hydrogen) atoms. The van der Waals surface area contributed by atoms with Crippen LogP contribution in [-0.2, 0) is 6.54 Å². The zero-order valence-corrected chi connectivity index (χ0v) is 13.5. The third-order valence-corrected chi connectivity index (χ3v) is 4.01. The molecule has 2 atom stereocenters. The molecule has 1 N–H and O–H groups in total. The predicted molar refractivity (Wildman–Crippen MR) is 82.8 cm³/mol. The number of ether oxygens (including phenoxy) is 1. The number of hydrogen-bond donors (Lipinski definition) is 1. The monoisotopic (exact) mass is 294 g/mol. The number of nitrogens with zero attached hydrogens (tertiary/aromatic N) is 1. The average Bonchev–Trinajstić information content (AvgIpc) is 2.37. The number of rotatable bonds is 5. The number of aromatic nitrogens is 1. The molecular weight excluding hydrogens is 267 g/mol. The van der Waals surface area contributed by atoms with Gasteiger partial charge in [-0.3, -0.25) is 0 Å². The first-order valence-corrected chi connectivity index (χ1v) is 7.98. The van der Waals surface area contributed by atoms with E-state index in [4.69, 9.17) is 4.74 Å². The Morgan fingerprint density at radius 3 is 2.57 bits per heavy atom. The maximum Gasteiger partial charge on any atom is 0.218 e. The number of hydrogen-bond acceptors (Lipinski definition) is 3. The van der Waals surface area contributed by atoms with Gasteiger partial charge in [0.25, 0.3) is 0 Å². The summed E-state index contributed by atoms with van der Waals surface area (Å²) >= 11 is 0. The SMILES string of the molecule is CC1CC(C)CC(Oc2ncc(F)cc2CNC(C)C)C1. The molecule has 0 aliphatic heterocycles. The maximum absolute atomic E-state index is 13.4. The van der Waals surface area contributed by atoms with Gasteiger partial charge in [-0.2, -0.15) is 0 Å². The fourth-order valence-corrected chi connectivity index (χ4v) is 3.14. The molecule has 1 aromatic heterocycles. The lowest BCUT2D eigenvalue weighted by Gasteiger charge is -2.31. The van der Waals surface area contributed by atoms with Crippen LogP contribution in [0.2, 0.25) is 0 Å². The van der Waals surface area contributed by atoms with E-state index in [1.807, 2.05) is 0 Å². The highest BCUT2D eigenvalue weighted by Crippen LogP contribution is 2.31. The van der Waals surface area contributed by atoms with E-state index in [1.165, 1.54) is 18.7 Å². The fourth-order valence-electron chi connectivity index (χ4n) is 3.14. The molecule has 2 unspecified atom stereocenters. The molecular formula is C17H27FN2O. The maximum atomic E-state index is 13.4. The smallest absolute Gasteiger partial charge is 0.218 e. The first-order chi connectivity index (χ1) is 9.94. The van der Waals surface area contributed by atoms with Gasteiger partial charge in [0.1, 0.15) is 11.9 Å². The molecule has 1 heterocycles. The van der Waals surface area contributed by atoms with Crippen LogP contribution in [0.15, 0.2) is 12.3 Å². The summed E-state index contributed by atoms with van der Waals surface area (Å²) in [5.41, 5.74) is 0.801. The quantitative estimate of drug-likeness (QED) is 0.893. The van der Waals surface area contributed by atoms with Crippen molar-refractivity contribution in [2.75, 3.05) is 0 Å². The minimum atomic E-state index is -0.312. The van der Waals surface area contributed by atoms with Gasteiger partial charge >= 0.3 is 0 Å². The normalized spacial score (nSPS) is 26.1. The highest BCUT2D eigenvalue weighted by atomic mass is 19.1. The van der Waals surface area contributed by atoms with Crippen LogP contribution in [0, 0.1) is 17.7 Å². The molecule has 1 aliphatic carbocycles. The molecule has 1 aliphatic rings. The van der Waals surface area contributed by atoms with Crippen molar-refractivity contribution >= 4 is 0 Å². The van der Waals surface area contributed by atoms with Gasteiger partial charge in [0.15, 0.2) is 0 Å². The molecule has 3 nitrogen and oxygen atoms in total. The summed E-state index contributed by atoms with van der Waals surface area (Å²) in [6.07, 6.45) is 4.81. The third kappa shape index (κ3) is 4.95. The second-order valence-electron chi connectivity index (χ2n) is 6.81. The minimum absolute atomic E-state index is 0.194. The second kappa shape index (κ2) is 7.21. The number of nitrogens with one attached hydrogen (secondary N) is 1. The standard InChI is InChI=1S/C17H27FN2O/c1-11(2)19-9-14-8-15(18)10-20-17(14)21-16-6-12(3)5-13(4)7-16/h8,10-13,16,19H,5-7,9H2,1-4H3. The molecule has 0 spiro atoms. The van der Waals surface area contributed by atoms with Gasteiger partial charge in [0.2, 0.25) is 5.88 Å². The van der Waals surface area contributed by atoms with Crippen molar-refractivity contribution in [1.29, 1.82) is 0 Å². The average molecular weight is 294 g/mol. The lowest BCUT2D eigenvalue weighted by atomic mass is 9.82. The van der Waals surface area contributed by atoms with Crippen LogP contribution in [0.3, 0.4) is 0 Å². The van der Waals surface area contributed by atoms with Crippen LogP contribution >= 0.6 is 0 Å². The van der Waals surface area contributed by atoms with Crippen molar-refractivity contribution in [1.82, 2.24) is 10.3 Å². The Morgan fingerprint density at radius 1 is 1.29 bits per heavy atom. The topological polar surface area (TPSA) is 34.1 Å². The molecule has 1 saturated carbocycles. The van der Waals surface area contributed by atoms with Gasteiger partial charge in [0, 0.05) is 18.2 Å². The van der Waals surface area contributed by atoms with Crippen molar-refractivity contribution in [3.8, 4) is 5.88 Å². The molecule has 2 rings (SSSR count). The second-order valence-corrected chi connectivity index (χ2v) is 6.81. The Hall–Kier alpha value is -1.16. The van der Waals surface area contributed by atoms with E-state index in [2.05, 4.69) is 38.0 Å². The molecule has 1 aromatic rings. The molecule has 118 valence electrons. The van der Waals surface area contributed by atoms with Crippen LogP contribution in [0.1, 0.15) is 52.5 Å². The summed E-state index contributed by atoms with van der Waals surface area (Å²) in [5, 5.41) is 3.30. The molecule has 0 saturated heterocycles. The van der Waals surface area contributed by atoms with Gasteiger partial charge in [-0.05, 0) is 37.2 Å². The van der Waals surface area contributed by atoms with Crippen molar-refractivity contribution in [3.63, 3.8) is 0 Å². The molecule has 0 amide bonds. The summed E-state index contributed by atoms with van der Waals surface area (Å²) < 4.78 is 19.5. The van der Waals surface area contributed by atoms with Gasteiger partial charge in [-0.25, -0.2) is 9.37 Å². The Bertz CT molecular complexity index is 454. The van der Waals surface area contributed by atoms with Crippen LogP contribution in [-0.4, -0.2) is 17.1 Å². The van der Waals surface area contributed by atoms with E-state index in [-0.39, 0.29) is 11.9 Å². The predicted octanol–water partition coefficient (Wildman–Crippen LogP) is 3.92. The van der Waals surface area contributed by atoms with Gasteiger partial charge < -0.3 is 10.1 Å². The Balaban J connectivity index is 2.07. The van der Waals surface area contributed by atoms with E-state index in [1.54, 1.807) is 0 Å². The Kier molecular flexibility index (Phi) is 5.57. The first-order valence-electron chi connectivity index (χ1n) is 7.98. The summed E-state index contributed by atoms with van der Waals surface area (Å²) in [6, 6.07) is 1.86. The zero-order chi connectivity index (χ0) is 15.4.